The lowest BCUT2D eigenvalue weighted by molar-refractivity contribution is -0.140. The number of fused-ring (bicyclic) bond motifs is 1. The van der Waals surface area contributed by atoms with E-state index in [1.54, 1.807) is 54.7 Å². The lowest BCUT2D eigenvalue weighted by atomic mass is 10.2. The van der Waals surface area contributed by atoms with Gasteiger partial charge in [-0.2, -0.15) is 13.2 Å². The number of carbonyl (C=O) groups is 1. The number of alkyl halides is 3. The van der Waals surface area contributed by atoms with Crippen LogP contribution in [-0.4, -0.2) is 51.4 Å². The Morgan fingerprint density at radius 3 is 2.49 bits per heavy atom. The number of nitrogens with zero attached hydrogens (tertiary/aromatic N) is 4. The second-order valence-electron chi connectivity index (χ2n) is 10.4. The van der Waals surface area contributed by atoms with Crippen LogP contribution in [0.5, 0.6) is 11.5 Å². The third-order valence-electron chi connectivity index (χ3n) is 6.96. The molecule has 1 amide bonds. The van der Waals surface area contributed by atoms with Crippen LogP contribution in [0.2, 0.25) is 5.02 Å². The largest absolute Gasteiger partial charge is 0.456 e. The quantitative estimate of drug-likeness (QED) is 0.151. The van der Waals surface area contributed by atoms with E-state index in [1.165, 1.54) is 20.2 Å². The first kappa shape index (κ1) is 35.6. The summed E-state index contributed by atoms with van der Waals surface area (Å²) in [5.41, 5.74) is 1.40. The predicted molar refractivity (Wildman–Crippen MR) is 178 cm³/mol. The third kappa shape index (κ3) is 8.21. The lowest BCUT2D eigenvalue weighted by Crippen LogP contribution is -2.48. The van der Waals surface area contributed by atoms with Crippen LogP contribution in [0.3, 0.4) is 0 Å². The normalized spacial score (nSPS) is 11.9. The zero-order valence-corrected chi connectivity index (χ0v) is 28.4. The summed E-state index contributed by atoms with van der Waals surface area (Å²) in [7, 11) is -3.61. The number of nitrogens with one attached hydrogen (secondary N) is 2. The van der Waals surface area contributed by atoms with Gasteiger partial charge in [0.1, 0.15) is 33.1 Å². The van der Waals surface area contributed by atoms with Crippen LogP contribution in [0, 0.1) is 0 Å². The lowest BCUT2D eigenvalue weighted by Gasteiger charge is -2.21. The summed E-state index contributed by atoms with van der Waals surface area (Å²) in [6, 6.07) is 13.3. The molecule has 0 atom stereocenters. The fraction of sp³-hybridized carbons (Fsp3) is 0.290. The molecule has 2 aromatic carbocycles. The van der Waals surface area contributed by atoms with E-state index in [9.17, 15) is 26.4 Å². The van der Waals surface area contributed by atoms with Crippen molar-refractivity contribution < 1.29 is 31.1 Å². The number of hydrogen-bond donors (Lipinski definition) is 2. The number of aromatic nitrogens is 4. The molecule has 16 heteroatoms. The van der Waals surface area contributed by atoms with Crippen molar-refractivity contribution >= 4 is 61.2 Å². The second kappa shape index (κ2) is 14.3. The Kier molecular flexibility index (Phi) is 10.8. The van der Waals surface area contributed by atoms with E-state index in [1.807, 2.05) is 18.4 Å². The number of hydrogen-bond acceptors (Lipinski definition) is 9. The highest BCUT2D eigenvalue weighted by Crippen LogP contribution is 2.37. The van der Waals surface area contributed by atoms with E-state index in [0.29, 0.717) is 46.1 Å². The predicted octanol–water partition coefficient (Wildman–Crippen LogP) is 7.73. The Balaban J connectivity index is 0.00000245. The third-order valence-corrected chi connectivity index (χ3v) is 10.2. The molecule has 250 valence electrons. The van der Waals surface area contributed by atoms with E-state index < -0.39 is 32.4 Å². The maximum absolute atomic E-state index is 13.0. The van der Waals surface area contributed by atoms with Crippen molar-refractivity contribution in [2.45, 2.75) is 45.2 Å². The van der Waals surface area contributed by atoms with E-state index in [-0.39, 0.29) is 16.6 Å². The minimum Gasteiger partial charge on any atom is -0.456 e. The van der Waals surface area contributed by atoms with Crippen molar-refractivity contribution in [1.82, 2.24) is 24.8 Å². The number of sulfone groups is 1. The number of carbonyl (C=O) groups excluding carboxylic acids is 1. The van der Waals surface area contributed by atoms with Crippen molar-refractivity contribution in [3.05, 3.63) is 77.2 Å². The highest BCUT2D eigenvalue weighted by molar-refractivity contribution is 7.92. The van der Waals surface area contributed by atoms with Crippen molar-refractivity contribution in [2.24, 2.45) is 0 Å². The van der Waals surface area contributed by atoms with Gasteiger partial charge in [-0.15, -0.1) is 11.3 Å². The van der Waals surface area contributed by atoms with Crippen LogP contribution >= 0.6 is 22.9 Å². The van der Waals surface area contributed by atoms with Crippen LogP contribution in [-0.2, 0) is 27.4 Å². The van der Waals surface area contributed by atoms with Gasteiger partial charge >= 0.3 is 6.18 Å². The summed E-state index contributed by atoms with van der Waals surface area (Å²) in [6.07, 6.45) is -0.320. The number of amides is 1. The minimum absolute atomic E-state index is 0.168. The molecule has 5 rings (SSSR count). The summed E-state index contributed by atoms with van der Waals surface area (Å²) in [6.45, 7) is 7.20. The van der Waals surface area contributed by atoms with Crippen LogP contribution in [0.15, 0.2) is 66.4 Å². The average Bonchev–Trinajstić information content (AvgIpc) is 3.68. The number of rotatable bonds is 10. The van der Waals surface area contributed by atoms with Crippen LogP contribution < -0.4 is 15.4 Å². The smallest absolute Gasteiger partial charge is 0.434 e. The number of halogens is 4. The van der Waals surface area contributed by atoms with E-state index >= 15 is 0 Å². The molecule has 0 aliphatic rings. The fourth-order valence-electron chi connectivity index (χ4n) is 4.14. The van der Waals surface area contributed by atoms with E-state index in [0.717, 1.165) is 23.0 Å². The van der Waals surface area contributed by atoms with E-state index in [4.69, 9.17) is 16.3 Å². The molecule has 0 aliphatic carbocycles. The first-order valence-corrected chi connectivity index (χ1v) is 17.4. The standard InChI is InChI=1S/C29H26ClF3N6O4S2.C2H6/c1-28(2,45(3,41)42)27(40)34-10-12-39-11-9-21-24(39)25(36-16-35-21)37-18-7-8-22(20(30)14-18)43-19-6-4-5-17(13-19)26-38-23(15-44-26)29(31,32)33;1-2/h4-9,11,13-16H,10,12H2,1-3H3,(H,34,40)(H,35,36,37);1-2H3. The van der Waals surface area contributed by atoms with Gasteiger partial charge in [-0.1, -0.05) is 37.6 Å². The van der Waals surface area contributed by atoms with E-state index in [2.05, 4.69) is 25.6 Å². The molecular weight excluding hydrogens is 677 g/mol. The molecular formula is C31H32ClF3N6O4S2. The topological polar surface area (TPSA) is 128 Å². The summed E-state index contributed by atoms with van der Waals surface area (Å²) in [5.74, 6) is 0.546. The Morgan fingerprint density at radius 2 is 1.83 bits per heavy atom. The van der Waals surface area contributed by atoms with Crippen LogP contribution in [0.25, 0.3) is 21.6 Å². The molecule has 0 fully saturated rings. The second-order valence-corrected chi connectivity index (χ2v) is 14.3. The van der Waals surface area contributed by atoms with Crippen molar-refractivity contribution in [1.29, 1.82) is 0 Å². The van der Waals surface area contributed by atoms with Crippen molar-refractivity contribution in [3.8, 4) is 22.1 Å². The molecule has 2 N–H and O–H groups in total. The molecule has 0 aliphatic heterocycles. The maximum atomic E-state index is 13.0. The van der Waals surface area contributed by atoms with Gasteiger partial charge in [-0.3, -0.25) is 4.79 Å². The highest BCUT2D eigenvalue weighted by Gasteiger charge is 2.38. The van der Waals surface area contributed by atoms with Crippen LogP contribution in [0.4, 0.5) is 24.7 Å². The highest BCUT2D eigenvalue weighted by atomic mass is 35.5. The molecule has 3 heterocycles. The van der Waals surface area contributed by atoms with Gasteiger partial charge in [0.15, 0.2) is 21.3 Å². The first-order chi connectivity index (χ1) is 22.1. The molecule has 10 nitrogen and oxygen atoms in total. The van der Waals surface area contributed by atoms with Crippen molar-refractivity contribution in [3.63, 3.8) is 0 Å². The Labute approximate surface area is 278 Å². The summed E-state index contributed by atoms with van der Waals surface area (Å²) in [5, 5.41) is 7.33. The molecule has 0 saturated heterocycles. The Morgan fingerprint density at radius 1 is 1.09 bits per heavy atom. The molecule has 0 saturated carbocycles. The van der Waals surface area contributed by atoms with Gasteiger partial charge in [0.05, 0.1) is 10.5 Å². The summed E-state index contributed by atoms with van der Waals surface area (Å²) >= 11 is 7.42. The molecule has 0 radical (unpaired) electrons. The zero-order chi connectivity index (χ0) is 34.6. The molecule has 0 unspecified atom stereocenters. The molecule has 47 heavy (non-hydrogen) atoms. The van der Waals surface area contributed by atoms with Gasteiger partial charge in [-0.25, -0.2) is 23.4 Å². The first-order valence-electron chi connectivity index (χ1n) is 14.3. The molecule has 3 aromatic heterocycles. The van der Waals surface area contributed by atoms with Gasteiger partial charge < -0.3 is 19.9 Å². The number of benzene rings is 2. The molecule has 0 spiro atoms. The van der Waals surface area contributed by atoms with Gasteiger partial charge in [0.2, 0.25) is 5.91 Å². The number of anilines is 2. The summed E-state index contributed by atoms with van der Waals surface area (Å²) in [4.78, 5) is 24.9. The Hall–Kier alpha value is -4.21. The molecule has 0 bridgehead atoms. The number of thiazole rings is 1. The van der Waals surface area contributed by atoms with Gasteiger partial charge in [0.25, 0.3) is 0 Å². The van der Waals surface area contributed by atoms with Gasteiger partial charge in [0, 0.05) is 42.2 Å². The molecule has 5 aromatic rings. The minimum atomic E-state index is -4.52. The number of ether oxygens (including phenoxy) is 1. The average molecular weight is 709 g/mol. The van der Waals surface area contributed by atoms with Crippen molar-refractivity contribution in [2.75, 3.05) is 18.1 Å². The summed E-state index contributed by atoms with van der Waals surface area (Å²) < 4.78 is 69.1. The zero-order valence-electron chi connectivity index (χ0n) is 26.0. The van der Waals surface area contributed by atoms with Gasteiger partial charge in [-0.05, 0) is 50.2 Å². The fourth-order valence-corrected chi connectivity index (χ4v) is 5.59. The Bertz CT molecular complexity index is 1990. The monoisotopic (exact) mass is 708 g/mol. The maximum Gasteiger partial charge on any atom is 0.434 e. The SMILES string of the molecule is CC.CC(C)(C(=O)NCCn1ccc2ncnc(Nc3ccc(Oc4cccc(-c5nc(C(F)(F)F)cs5)c4)c(Cl)c3)c21)S(C)(=O)=O. The van der Waals surface area contributed by atoms with Crippen LogP contribution in [0.1, 0.15) is 33.4 Å².